The van der Waals surface area contributed by atoms with Crippen LogP contribution < -0.4 is 25.3 Å². The molecular formula is C15H17N7O3. The lowest BCUT2D eigenvalue weighted by molar-refractivity contribution is 0.324. The van der Waals surface area contributed by atoms with Crippen LogP contribution in [0.2, 0.25) is 0 Å². The molecule has 0 amide bonds. The predicted octanol–water partition coefficient (Wildman–Crippen LogP) is 1.41. The zero-order valence-electron chi connectivity index (χ0n) is 13.9. The average Bonchev–Trinajstić information content (AvgIpc) is 3.07. The average molecular weight is 343 g/mol. The van der Waals surface area contributed by atoms with Gasteiger partial charge in [0.05, 0.1) is 21.3 Å². The van der Waals surface area contributed by atoms with E-state index in [1.807, 2.05) is 0 Å². The van der Waals surface area contributed by atoms with Crippen LogP contribution in [0.4, 0.5) is 17.5 Å². The highest BCUT2D eigenvalue weighted by Crippen LogP contribution is 2.40. The van der Waals surface area contributed by atoms with Crippen LogP contribution in [0.1, 0.15) is 0 Å². The Balaban J connectivity index is 1.92. The third kappa shape index (κ3) is 3.37. The number of anilines is 3. The predicted molar refractivity (Wildman–Crippen MR) is 90.7 cm³/mol. The molecule has 3 N–H and O–H groups in total. The van der Waals surface area contributed by atoms with Crippen molar-refractivity contribution in [1.82, 2.24) is 24.7 Å². The summed E-state index contributed by atoms with van der Waals surface area (Å²) in [4.78, 5) is 12.5. The number of nitrogen functional groups attached to an aromatic ring is 1. The van der Waals surface area contributed by atoms with Crippen LogP contribution >= 0.6 is 0 Å². The van der Waals surface area contributed by atoms with E-state index >= 15 is 0 Å². The highest BCUT2D eigenvalue weighted by Gasteiger charge is 2.14. The number of ether oxygens (including phenoxy) is 3. The number of hydrogen-bond donors (Lipinski definition) is 2. The molecule has 3 rings (SSSR count). The summed E-state index contributed by atoms with van der Waals surface area (Å²) in [5.41, 5.74) is 6.27. The number of benzene rings is 1. The van der Waals surface area contributed by atoms with E-state index in [0.717, 1.165) is 0 Å². The van der Waals surface area contributed by atoms with Crippen molar-refractivity contribution in [3.8, 4) is 23.2 Å². The number of nitrogens with one attached hydrogen (secondary N) is 1. The van der Waals surface area contributed by atoms with Gasteiger partial charge in [-0.05, 0) is 0 Å². The number of rotatable bonds is 6. The molecule has 0 unspecified atom stereocenters. The van der Waals surface area contributed by atoms with E-state index in [-0.39, 0.29) is 0 Å². The van der Waals surface area contributed by atoms with Crippen LogP contribution in [0, 0.1) is 0 Å². The maximum Gasteiger partial charge on any atom is 0.255 e. The normalized spacial score (nSPS) is 10.4. The second-order valence-corrected chi connectivity index (χ2v) is 4.83. The summed E-state index contributed by atoms with van der Waals surface area (Å²) in [6.07, 6.45) is 3.04. The Labute approximate surface area is 143 Å². The van der Waals surface area contributed by atoms with Gasteiger partial charge in [-0.1, -0.05) is 0 Å². The summed E-state index contributed by atoms with van der Waals surface area (Å²) in [6, 6.07) is 5.14. The van der Waals surface area contributed by atoms with Gasteiger partial charge in [-0.25, -0.2) is 9.67 Å². The Morgan fingerprint density at radius 2 is 1.76 bits per heavy atom. The van der Waals surface area contributed by atoms with Crippen LogP contribution in [0.5, 0.6) is 17.2 Å². The third-order valence-corrected chi connectivity index (χ3v) is 3.29. The summed E-state index contributed by atoms with van der Waals surface area (Å²) in [6.45, 7) is 0. The zero-order chi connectivity index (χ0) is 17.8. The first-order valence-electron chi connectivity index (χ1n) is 7.22. The maximum atomic E-state index is 5.61. The molecule has 0 spiro atoms. The van der Waals surface area contributed by atoms with Gasteiger partial charge in [0.1, 0.15) is 12.1 Å². The molecule has 0 aliphatic rings. The van der Waals surface area contributed by atoms with Crippen molar-refractivity contribution in [3.05, 3.63) is 30.7 Å². The van der Waals surface area contributed by atoms with E-state index < -0.39 is 0 Å². The monoisotopic (exact) mass is 343 g/mol. The molecule has 0 saturated carbocycles. The van der Waals surface area contributed by atoms with E-state index in [4.69, 9.17) is 19.9 Å². The van der Waals surface area contributed by atoms with Crippen LogP contribution in [-0.2, 0) is 0 Å². The second kappa shape index (κ2) is 6.91. The molecule has 0 aliphatic carbocycles. The summed E-state index contributed by atoms with van der Waals surface area (Å²) in [5, 5.41) is 7.14. The van der Waals surface area contributed by atoms with Crippen molar-refractivity contribution in [1.29, 1.82) is 0 Å². The fourth-order valence-corrected chi connectivity index (χ4v) is 2.19. The van der Waals surface area contributed by atoms with E-state index in [0.29, 0.717) is 40.7 Å². The molecule has 2 aromatic heterocycles. The smallest absolute Gasteiger partial charge is 0.255 e. The third-order valence-electron chi connectivity index (χ3n) is 3.29. The Morgan fingerprint density at radius 1 is 1.04 bits per heavy atom. The van der Waals surface area contributed by atoms with Gasteiger partial charge in [0, 0.05) is 30.1 Å². The minimum Gasteiger partial charge on any atom is -0.493 e. The molecule has 1 aromatic carbocycles. The van der Waals surface area contributed by atoms with Gasteiger partial charge in [0.15, 0.2) is 11.5 Å². The minimum atomic E-state index is 0.327. The van der Waals surface area contributed by atoms with Crippen LogP contribution in [0.3, 0.4) is 0 Å². The number of hydrogen-bond acceptors (Lipinski definition) is 9. The number of nitrogens with zero attached hydrogens (tertiary/aromatic N) is 5. The first kappa shape index (κ1) is 16.3. The van der Waals surface area contributed by atoms with Crippen molar-refractivity contribution in [2.24, 2.45) is 0 Å². The molecule has 0 bridgehead atoms. The summed E-state index contributed by atoms with van der Waals surface area (Å²) >= 11 is 0. The van der Waals surface area contributed by atoms with Crippen LogP contribution in [0.15, 0.2) is 30.7 Å². The van der Waals surface area contributed by atoms with E-state index in [1.165, 1.54) is 11.0 Å². The van der Waals surface area contributed by atoms with Gasteiger partial charge in [0.25, 0.3) is 5.95 Å². The van der Waals surface area contributed by atoms with Gasteiger partial charge in [-0.2, -0.15) is 9.97 Å². The molecule has 0 aliphatic heterocycles. The topological polar surface area (TPSA) is 122 Å². The SMILES string of the molecule is COc1cc(Nc2ncnc(-n3ccc(N)n3)n2)cc(OC)c1OC. The molecule has 0 fully saturated rings. The molecule has 25 heavy (non-hydrogen) atoms. The lowest BCUT2D eigenvalue weighted by Gasteiger charge is -2.14. The molecule has 2 heterocycles. The van der Waals surface area contributed by atoms with Crippen molar-refractivity contribution < 1.29 is 14.2 Å². The van der Waals surface area contributed by atoms with E-state index in [2.05, 4.69) is 25.4 Å². The Hall–Kier alpha value is -3.56. The van der Waals surface area contributed by atoms with Crippen molar-refractivity contribution in [2.75, 3.05) is 32.4 Å². The first-order valence-corrected chi connectivity index (χ1v) is 7.22. The van der Waals surface area contributed by atoms with Gasteiger partial charge >= 0.3 is 0 Å². The van der Waals surface area contributed by atoms with Crippen molar-refractivity contribution >= 4 is 17.5 Å². The fraction of sp³-hybridized carbons (Fsp3) is 0.200. The molecule has 0 saturated heterocycles. The summed E-state index contributed by atoms with van der Waals surface area (Å²) < 4.78 is 17.4. The lowest BCUT2D eigenvalue weighted by atomic mass is 10.2. The molecule has 0 atom stereocenters. The second-order valence-electron chi connectivity index (χ2n) is 4.83. The van der Waals surface area contributed by atoms with Gasteiger partial charge in [-0.3, -0.25) is 0 Å². The first-order chi connectivity index (χ1) is 12.1. The Morgan fingerprint density at radius 3 is 2.32 bits per heavy atom. The Bertz CT molecular complexity index is 856. The van der Waals surface area contributed by atoms with Crippen LogP contribution in [0.25, 0.3) is 5.95 Å². The van der Waals surface area contributed by atoms with Crippen molar-refractivity contribution in [2.45, 2.75) is 0 Å². The van der Waals surface area contributed by atoms with Gasteiger partial charge in [-0.15, -0.1) is 5.10 Å². The van der Waals surface area contributed by atoms with E-state index in [1.54, 1.807) is 45.7 Å². The number of methoxy groups -OCH3 is 3. The maximum absolute atomic E-state index is 5.61. The molecule has 10 nitrogen and oxygen atoms in total. The molecule has 130 valence electrons. The quantitative estimate of drug-likeness (QED) is 0.684. The Kier molecular flexibility index (Phi) is 4.50. The minimum absolute atomic E-state index is 0.327. The number of nitrogens with two attached hydrogens (primary N) is 1. The standard InChI is InChI=1S/C15H17N7O3/c1-23-10-6-9(7-11(24-2)13(10)25-3)19-14-17-8-18-15(20-14)22-5-4-12(16)21-22/h4-8H,1-3H3,(H2,16,21)(H,17,18,19,20). The molecule has 10 heteroatoms. The summed E-state index contributed by atoms with van der Waals surface area (Å²) in [7, 11) is 4.63. The molecular weight excluding hydrogens is 326 g/mol. The fourth-order valence-electron chi connectivity index (χ4n) is 2.19. The largest absolute Gasteiger partial charge is 0.493 e. The number of aromatic nitrogens is 5. The lowest BCUT2D eigenvalue weighted by Crippen LogP contribution is -2.06. The molecule has 0 radical (unpaired) electrons. The van der Waals surface area contributed by atoms with Gasteiger partial charge < -0.3 is 25.3 Å². The molecule has 3 aromatic rings. The zero-order valence-corrected chi connectivity index (χ0v) is 13.9. The highest BCUT2D eigenvalue weighted by molar-refractivity contribution is 5.65. The highest BCUT2D eigenvalue weighted by atomic mass is 16.5. The summed E-state index contributed by atoms with van der Waals surface area (Å²) in [5.74, 6) is 2.56. The van der Waals surface area contributed by atoms with Crippen molar-refractivity contribution in [3.63, 3.8) is 0 Å². The van der Waals surface area contributed by atoms with E-state index in [9.17, 15) is 0 Å². The van der Waals surface area contributed by atoms with Gasteiger partial charge in [0.2, 0.25) is 11.7 Å². The van der Waals surface area contributed by atoms with Crippen LogP contribution in [-0.4, -0.2) is 46.1 Å².